The van der Waals surface area contributed by atoms with Gasteiger partial charge < -0.3 is 4.90 Å². The summed E-state index contributed by atoms with van der Waals surface area (Å²) in [6, 6.07) is 8.14. The van der Waals surface area contributed by atoms with Crippen molar-refractivity contribution in [3.63, 3.8) is 0 Å². The van der Waals surface area contributed by atoms with Crippen molar-refractivity contribution in [2.24, 2.45) is 0 Å². The number of carbonyl (C=O) groups excluding carboxylic acids is 1. The van der Waals surface area contributed by atoms with Crippen molar-refractivity contribution in [2.75, 3.05) is 13.1 Å². The molecular formula is C17H19NOS2. The summed E-state index contributed by atoms with van der Waals surface area (Å²) < 4.78 is 0. The molecule has 1 saturated heterocycles. The molecule has 1 amide bonds. The fourth-order valence-corrected chi connectivity index (χ4v) is 4.02. The molecule has 2 aromatic rings. The molecule has 0 aromatic carbocycles. The van der Waals surface area contributed by atoms with Gasteiger partial charge in [-0.3, -0.25) is 4.79 Å². The Bertz CT molecular complexity index is 591. The van der Waals surface area contributed by atoms with Gasteiger partial charge in [-0.25, -0.2) is 0 Å². The summed E-state index contributed by atoms with van der Waals surface area (Å²) in [5.74, 6) is 0.188. The Morgan fingerprint density at radius 3 is 2.33 bits per heavy atom. The zero-order valence-corrected chi connectivity index (χ0v) is 13.6. The van der Waals surface area contributed by atoms with E-state index in [1.807, 2.05) is 39.9 Å². The van der Waals surface area contributed by atoms with Crippen molar-refractivity contribution in [2.45, 2.75) is 25.7 Å². The lowest BCUT2D eigenvalue weighted by atomic mass is 10.1. The fourth-order valence-electron chi connectivity index (χ4n) is 2.63. The maximum atomic E-state index is 12.9. The second-order valence-electron chi connectivity index (χ2n) is 5.26. The number of nitrogens with zero attached hydrogens (tertiary/aromatic N) is 1. The zero-order chi connectivity index (χ0) is 14.5. The van der Waals surface area contributed by atoms with Crippen LogP contribution in [-0.4, -0.2) is 23.9 Å². The molecule has 4 heteroatoms. The van der Waals surface area contributed by atoms with E-state index in [4.69, 9.17) is 0 Å². The number of carbonyl (C=O) groups is 1. The first-order chi connectivity index (χ1) is 10.3. The monoisotopic (exact) mass is 317 g/mol. The van der Waals surface area contributed by atoms with Gasteiger partial charge in [-0.2, -0.15) is 0 Å². The summed E-state index contributed by atoms with van der Waals surface area (Å²) in [5, 5.41) is 4.08. The smallest absolute Gasteiger partial charge is 0.255 e. The molecule has 3 rings (SSSR count). The van der Waals surface area contributed by atoms with Gasteiger partial charge in [0, 0.05) is 22.8 Å². The minimum Gasteiger partial charge on any atom is -0.339 e. The van der Waals surface area contributed by atoms with E-state index in [0.29, 0.717) is 0 Å². The van der Waals surface area contributed by atoms with Crippen LogP contribution in [0.25, 0.3) is 11.6 Å². The first kappa shape index (κ1) is 14.5. The van der Waals surface area contributed by atoms with Crippen LogP contribution in [0.1, 0.15) is 35.4 Å². The second-order valence-corrected chi connectivity index (χ2v) is 7.18. The molecule has 1 aliphatic heterocycles. The Hall–Kier alpha value is -1.39. The van der Waals surface area contributed by atoms with Gasteiger partial charge in [-0.1, -0.05) is 25.0 Å². The molecular weight excluding hydrogens is 298 g/mol. The van der Waals surface area contributed by atoms with E-state index in [9.17, 15) is 4.79 Å². The van der Waals surface area contributed by atoms with Gasteiger partial charge in [0.1, 0.15) is 0 Å². The Kier molecular flexibility index (Phi) is 4.88. The quantitative estimate of drug-likeness (QED) is 0.748. The highest BCUT2D eigenvalue weighted by molar-refractivity contribution is 7.12. The molecule has 0 aliphatic carbocycles. The maximum Gasteiger partial charge on any atom is 0.255 e. The third-order valence-corrected chi connectivity index (χ3v) is 5.46. The van der Waals surface area contributed by atoms with Gasteiger partial charge in [-0.05, 0) is 41.8 Å². The number of likely N-dealkylation sites (tertiary alicyclic amines) is 1. The highest BCUT2D eigenvalue weighted by Gasteiger charge is 2.21. The molecule has 1 aliphatic rings. The lowest BCUT2D eigenvalue weighted by Crippen LogP contribution is -2.32. The van der Waals surface area contributed by atoms with Crippen molar-refractivity contribution in [1.29, 1.82) is 0 Å². The summed E-state index contributed by atoms with van der Waals surface area (Å²) in [5.41, 5.74) is 0.842. The van der Waals surface area contributed by atoms with Crippen LogP contribution >= 0.6 is 22.7 Å². The van der Waals surface area contributed by atoms with Crippen LogP contribution in [0, 0.1) is 0 Å². The number of rotatable bonds is 3. The van der Waals surface area contributed by atoms with Gasteiger partial charge in [0.25, 0.3) is 5.91 Å². The van der Waals surface area contributed by atoms with Crippen LogP contribution in [0.4, 0.5) is 0 Å². The van der Waals surface area contributed by atoms with Gasteiger partial charge in [-0.15, -0.1) is 22.7 Å². The van der Waals surface area contributed by atoms with Crippen molar-refractivity contribution in [3.05, 3.63) is 44.8 Å². The normalized spacial score (nSPS) is 16.8. The zero-order valence-electron chi connectivity index (χ0n) is 12.0. The van der Waals surface area contributed by atoms with E-state index in [-0.39, 0.29) is 5.91 Å². The predicted octanol–water partition coefficient (Wildman–Crippen LogP) is 4.75. The first-order valence-corrected chi connectivity index (χ1v) is 9.19. The second kappa shape index (κ2) is 7.05. The van der Waals surface area contributed by atoms with Crippen molar-refractivity contribution < 1.29 is 4.79 Å². The summed E-state index contributed by atoms with van der Waals surface area (Å²) in [6.45, 7) is 1.79. The van der Waals surface area contributed by atoms with Gasteiger partial charge >= 0.3 is 0 Å². The molecule has 1 fully saturated rings. The molecule has 2 aromatic heterocycles. The number of amides is 1. The lowest BCUT2D eigenvalue weighted by molar-refractivity contribution is -0.124. The Morgan fingerprint density at radius 1 is 1.00 bits per heavy atom. The Labute approximate surface area is 133 Å². The molecule has 0 spiro atoms. The Morgan fingerprint density at radius 2 is 1.71 bits per heavy atom. The number of hydrogen-bond donors (Lipinski definition) is 0. The van der Waals surface area contributed by atoms with Crippen molar-refractivity contribution in [1.82, 2.24) is 4.90 Å². The van der Waals surface area contributed by atoms with Gasteiger partial charge in [0.2, 0.25) is 0 Å². The molecule has 2 nitrogen and oxygen atoms in total. The van der Waals surface area contributed by atoms with Crippen LogP contribution in [0.15, 0.2) is 35.0 Å². The molecule has 21 heavy (non-hydrogen) atoms. The molecule has 0 atom stereocenters. The molecule has 0 radical (unpaired) electrons. The van der Waals surface area contributed by atoms with E-state index in [1.165, 1.54) is 12.8 Å². The summed E-state index contributed by atoms with van der Waals surface area (Å²) in [4.78, 5) is 17.2. The van der Waals surface area contributed by atoms with Crippen LogP contribution in [-0.2, 0) is 4.79 Å². The highest BCUT2D eigenvalue weighted by atomic mass is 32.1. The fraction of sp³-hybridized carbons (Fsp3) is 0.353. The number of hydrogen-bond acceptors (Lipinski definition) is 3. The molecule has 0 unspecified atom stereocenters. The van der Waals surface area contributed by atoms with E-state index < -0.39 is 0 Å². The van der Waals surface area contributed by atoms with Crippen molar-refractivity contribution >= 4 is 40.2 Å². The van der Waals surface area contributed by atoms with E-state index in [0.717, 1.165) is 41.3 Å². The van der Waals surface area contributed by atoms with E-state index in [2.05, 4.69) is 6.07 Å². The van der Waals surface area contributed by atoms with Crippen molar-refractivity contribution in [3.8, 4) is 0 Å². The third kappa shape index (κ3) is 3.63. The van der Waals surface area contributed by atoms with Gasteiger partial charge in [0.15, 0.2) is 0 Å². The first-order valence-electron chi connectivity index (χ1n) is 7.43. The summed E-state index contributed by atoms with van der Waals surface area (Å²) >= 11 is 3.31. The largest absolute Gasteiger partial charge is 0.339 e. The predicted molar refractivity (Wildman–Crippen MR) is 91.6 cm³/mol. The molecule has 110 valence electrons. The van der Waals surface area contributed by atoms with E-state index in [1.54, 1.807) is 22.7 Å². The SMILES string of the molecule is O=C(/C(=C/c1cccs1)c1cccs1)N1CCCCCC1. The number of thiophene rings is 2. The topological polar surface area (TPSA) is 20.3 Å². The van der Waals surface area contributed by atoms with Crippen LogP contribution < -0.4 is 0 Å². The molecule has 3 heterocycles. The summed E-state index contributed by atoms with van der Waals surface area (Å²) in [7, 11) is 0. The Balaban J connectivity index is 1.89. The average molecular weight is 317 g/mol. The average Bonchev–Trinajstić information content (AvgIpc) is 3.13. The minimum atomic E-state index is 0.188. The molecule has 0 N–H and O–H groups in total. The summed E-state index contributed by atoms with van der Waals surface area (Å²) in [6.07, 6.45) is 6.79. The van der Waals surface area contributed by atoms with E-state index >= 15 is 0 Å². The highest BCUT2D eigenvalue weighted by Crippen LogP contribution is 2.27. The minimum absolute atomic E-state index is 0.188. The maximum absolute atomic E-state index is 12.9. The molecule has 0 bridgehead atoms. The third-order valence-electron chi connectivity index (χ3n) is 3.74. The van der Waals surface area contributed by atoms with Crippen LogP contribution in [0.2, 0.25) is 0 Å². The van der Waals surface area contributed by atoms with Crippen LogP contribution in [0.3, 0.4) is 0 Å². The lowest BCUT2D eigenvalue weighted by Gasteiger charge is -2.21. The van der Waals surface area contributed by atoms with Gasteiger partial charge in [0.05, 0.1) is 5.57 Å². The van der Waals surface area contributed by atoms with Crippen LogP contribution in [0.5, 0.6) is 0 Å². The molecule has 0 saturated carbocycles. The standard InChI is InChI=1S/C17H19NOS2/c19-17(18-9-3-1-2-4-10-18)15(16-8-6-12-21-16)13-14-7-5-11-20-14/h5-8,11-13H,1-4,9-10H2/b15-13+.